The number of benzene rings is 1. The second-order valence-electron chi connectivity index (χ2n) is 7.54. The molecule has 26 heavy (non-hydrogen) atoms. The Morgan fingerprint density at radius 1 is 1.08 bits per heavy atom. The lowest BCUT2D eigenvalue weighted by atomic mass is 10.0. The molecule has 0 aliphatic heterocycles. The van der Waals surface area contributed by atoms with Crippen LogP contribution in [0.25, 0.3) is 0 Å². The maximum atomic E-state index is 13.3. The van der Waals surface area contributed by atoms with Gasteiger partial charge in [-0.25, -0.2) is 0 Å². The van der Waals surface area contributed by atoms with Gasteiger partial charge < -0.3 is 9.64 Å². The topological polar surface area (TPSA) is 42.4 Å². The minimum absolute atomic E-state index is 0.243. The number of carbonyl (C=O) groups excluding carboxylic acids is 1. The highest BCUT2D eigenvalue weighted by Crippen LogP contribution is 2.56. The molecule has 1 amide bonds. The van der Waals surface area contributed by atoms with E-state index in [4.69, 9.17) is 4.74 Å². The van der Waals surface area contributed by atoms with Gasteiger partial charge in [-0.2, -0.15) is 0 Å². The zero-order chi connectivity index (χ0) is 17.9. The Balaban J connectivity index is 1.51. The van der Waals surface area contributed by atoms with Crippen LogP contribution in [0.5, 0.6) is 5.75 Å². The summed E-state index contributed by atoms with van der Waals surface area (Å²) in [7, 11) is 1.67. The fourth-order valence-corrected chi connectivity index (χ4v) is 4.44. The van der Waals surface area contributed by atoms with Crippen molar-refractivity contribution >= 4 is 5.91 Å². The number of carbonyl (C=O) groups is 1. The van der Waals surface area contributed by atoms with E-state index in [0.29, 0.717) is 30.8 Å². The van der Waals surface area contributed by atoms with Crippen LogP contribution in [0.4, 0.5) is 0 Å². The molecule has 2 atom stereocenters. The van der Waals surface area contributed by atoms with Gasteiger partial charge in [0.1, 0.15) is 5.75 Å². The second kappa shape index (κ2) is 7.48. The smallest absolute Gasteiger partial charge is 0.226 e. The molecule has 2 unspecified atom stereocenters. The highest BCUT2D eigenvalue weighted by Gasteiger charge is 2.55. The van der Waals surface area contributed by atoms with Crippen molar-refractivity contribution < 1.29 is 9.53 Å². The van der Waals surface area contributed by atoms with Crippen LogP contribution in [0.3, 0.4) is 0 Å². The summed E-state index contributed by atoms with van der Waals surface area (Å²) in [5.41, 5.74) is 2.21. The number of pyridine rings is 1. The number of nitrogens with zero attached hydrogens (tertiary/aromatic N) is 2. The lowest BCUT2D eigenvalue weighted by molar-refractivity contribution is -0.134. The molecule has 0 N–H and O–H groups in total. The van der Waals surface area contributed by atoms with E-state index in [1.54, 1.807) is 13.3 Å². The standard InChI is InChI=1S/C22H26N2O2/c1-26-18-10-8-16(9-11-18)14-24(15-17-5-4-12-23-13-17)22(25)21-19-6-2-3-7-20(19)21/h4-5,8-13,19-21H,2-3,6-7,14-15H2,1H3. The number of amides is 1. The van der Waals surface area contributed by atoms with E-state index in [1.807, 2.05) is 47.5 Å². The molecule has 4 heteroatoms. The number of aromatic nitrogens is 1. The van der Waals surface area contributed by atoms with Crippen LogP contribution in [-0.4, -0.2) is 22.9 Å². The van der Waals surface area contributed by atoms with E-state index in [2.05, 4.69) is 4.98 Å². The third-order valence-corrected chi connectivity index (χ3v) is 5.88. The zero-order valence-electron chi connectivity index (χ0n) is 15.3. The summed E-state index contributed by atoms with van der Waals surface area (Å²) >= 11 is 0. The molecule has 2 aromatic rings. The normalized spacial score (nSPS) is 23.8. The van der Waals surface area contributed by atoms with Gasteiger partial charge in [0.2, 0.25) is 5.91 Å². The Labute approximate surface area is 155 Å². The monoisotopic (exact) mass is 350 g/mol. The van der Waals surface area contributed by atoms with Crippen molar-refractivity contribution in [1.29, 1.82) is 0 Å². The van der Waals surface area contributed by atoms with Gasteiger partial charge in [-0.15, -0.1) is 0 Å². The molecule has 0 spiro atoms. The first-order chi connectivity index (χ1) is 12.8. The fraction of sp³-hybridized carbons (Fsp3) is 0.455. The van der Waals surface area contributed by atoms with Crippen LogP contribution in [0.15, 0.2) is 48.8 Å². The third kappa shape index (κ3) is 3.59. The lowest BCUT2D eigenvalue weighted by Gasteiger charge is -2.23. The van der Waals surface area contributed by atoms with Crippen molar-refractivity contribution in [2.24, 2.45) is 17.8 Å². The van der Waals surface area contributed by atoms with E-state index in [1.165, 1.54) is 25.7 Å². The fourth-order valence-electron chi connectivity index (χ4n) is 4.44. The average Bonchev–Trinajstić information content (AvgIpc) is 3.43. The quantitative estimate of drug-likeness (QED) is 0.789. The molecule has 4 rings (SSSR count). The first-order valence-corrected chi connectivity index (χ1v) is 9.57. The van der Waals surface area contributed by atoms with Gasteiger partial charge in [0, 0.05) is 31.4 Å². The maximum absolute atomic E-state index is 13.3. The number of hydrogen-bond acceptors (Lipinski definition) is 3. The number of ether oxygens (including phenoxy) is 1. The molecule has 2 fully saturated rings. The first kappa shape index (κ1) is 17.1. The lowest BCUT2D eigenvalue weighted by Crippen LogP contribution is -2.32. The van der Waals surface area contributed by atoms with Crippen molar-refractivity contribution in [3.63, 3.8) is 0 Å². The van der Waals surface area contributed by atoms with Gasteiger partial charge >= 0.3 is 0 Å². The molecule has 4 nitrogen and oxygen atoms in total. The molecule has 2 saturated carbocycles. The molecule has 0 bridgehead atoms. The zero-order valence-corrected chi connectivity index (χ0v) is 15.3. The first-order valence-electron chi connectivity index (χ1n) is 9.57. The molecular formula is C22H26N2O2. The minimum atomic E-state index is 0.243. The van der Waals surface area contributed by atoms with Gasteiger partial charge in [-0.05, 0) is 54.0 Å². The van der Waals surface area contributed by atoms with Crippen molar-refractivity contribution in [1.82, 2.24) is 9.88 Å². The summed E-state index contributed by atoms with van der Waals surface area (Å²) in [6, 6.07) is 12.0. The van der Waals surface area contributed by atoms with Gasteiger partial charge in [0.05, 0.1) is 7.11 Å². The molecule has 0 radical (unpaired) electrons. The van der Waals surface area contributed by atoms with Crippen LogP contribution in [0, 0.1) is 17.8 Å². The molecule has 1 aromatic carbocycles. The molecular weight excluding hydrogens is 324 g/mol. The van der Waals surface area contributed by atoms with E-state index < -0.39 is 0 Å². The minimum Gasteiger partial charge on any atom is -0.497 e. The Morgan fingerprint density at radius 2 is 1.77 bits per heavy atom. The van der Waals surface area contributed by atoms with Crippen molar-refractivity contribution in [3.05, 3.63) is 59.9 Å². The predicted octanol–water partition coefficient (Wildman–Crippen LogP) is 4.06. The molecule has 1 aromatic heterocycles. The van der Waals surface area contributed by atoms with Crippen LogP contribution >= 0.6 is 0 Å². The summed E-state index contributed by atoms with van der Waals surface area (Å²) in [5, 5.41) is 0. The van der Waals surface area contributed by atoms with E-state index in [-0.39, 0.29) is 5.92 Å². The largest absolute Gasteiger partial charge is 0.497 e. The summed E-state index contributed by atoms with van der Waals surface area (Å²) in [5.74, 6) is 2.66. The molecule has 136 valence electrons. The number of hydrogen-bond donors (Lipinski definition) is 0. The SMILES string of the molecule is COc1ccc(CN(Cc2cccnc2)C(=O)C2C3CCCCC32)cc1. The maximum Gasteiger partial charge on any atom is 0.226 e. The Kier molecular flexibility index (Phi) is 4.91. The number of methoxy groups -OCH3 is 1. The molecule has 1 heterocycles. The Bertz CT molecular complexity index is 732. The number of fused-ring (bicyclic) bond motifs is 1. The van der Waals surface area contributed by atoms with Gasteiger partial charge in [-0.3, -0.25) is 9.78 Å². The summed E-state index contributed by atoms with van der Waals surface area (Å²) < 4.78 is 5.24. The second-order valence-corrected chi connectivity index (χ2v) is 7.54. The van der Waals surface area contributed by atoms with Crippen molar-refractivity contribution in [3.8, 4) is 5.75 Å². The van der Waals surface area contributed by atoms with Crippen LogP contribution in [-0.2, 0) is 17.9 Å². The molecule has 0 saturated heterocycles. The van der Waals surface area contributed by atoms with E-state index >= 15 is 0 Å². The Morgan fingerprint density at radius 3 is 2.38 bits per heavy atom. The Hall–Kier alpha value is -2.36. The molecule has 2 aliphatic rings. The predicted molar refractivity (Wildman–Crippen MR) is 100 cm³/mol. The van der Waals surface area contributed by atoms with Crippen molar-refractivity contribution in [2.45, 2.75) is 38.8 Å². The summed E-state index contributed by atoms with van der Waals surface area (Å²) in [6.07, 6.45) is 8.65. The summed E-state index contributed by atoms with van der Waals surface area (Å²) in [4.78, 5) is 19.5. The van der Waals surface area contributed by atoms with Crippen molar-refractivity contribution in [2.75, 3.05) is 7.11 Å². The number of rotatable bonds is 6. The van der Waals surface area contributed by atoms with Gasteiger partial charge in [-0.1, -0.05) is 31.0 Å². The average molecular weight is 350 g/mol. The van der Waals surface area contributed by atoms with E-state index in [0.717, 1.165) is 16.9 Å². The van der Waals surface area contributed by atoms with E-state index in [9.17, 15) is 4.79 Å². The van der Waals surface area contributed by atoms with Gasteiger partial charge in [0.25, 0.3) is 0 Å². The highest BCUT2D eigenvalue weighted by atomic mass is 16.5. The molecule has 2 aliphatic carbocycles. The summed E-state index contributed by atoms with van der Waals surface area (Å²) in [6.45, 7) is 1.25. The highest BCUT2D eigenvalue weighted by molar-refractivity contribution is 5.82. The van der Waals surface area contributed by atoms with Crippen LogP contribution in [0.1, 0.15) is 36.8 Å². The van der Waals surface area contributed by atoms with Crippen LogP contribution < -0.4 is 4.74 Å². The third-order valence-electron chi connectivity index (χ3n) is 5.88. The van der Waals surface area contributed by atoms with Crippen LogP contribution in [0.2, 0.25) is 0 Å². The van der Waals surface area contributed by atoms with Gasteiger partial charge in [0.15, 0.2) is 0 Å².